The van der Waals surface area contributed by atoms with Gasteiger partial charge in [-0.1, -0.05) is 0 Å². The molecule has 18 nitrogen and oxygen atoms in total. The van der Waals surface area contributed by atoms with E-state index in [-0.39, 0.29) is 66.5 Å². The number of pyridine rings is 4. The Balaban J connectivity index is 0.000000211. The standard InChI is InChI=1S/C26H34FN3O6.C26H32FN3O6/c2*1-6-34-22(31)16(20-17(27)14-28-18-7-8-19(33-5)29-21(18)20)13-26-11-9-25(10-12-26,15-35-26)30-23(32)36-24(2,3)4/h7-8,14,16H,6,9-13,15H2,1-5H3,(H,30,32);7-8,13-14H,6,9-12,15H2,1-5H3,(H,30,32)/b;16-13+. The number of amides is 2. The lowest BCUT2D eigenvalue weighted by Crippen LogP contribution is -2.63. The lowest BCUT2D eigenvalue weighted by atomic mass is 9.67. The molecule has 2 aliphatic carbocycles. The van der Waals surface area contributed by atoms with Gasteiger partial charge in [-0.15, -0.1) is 0 Å². The van der Waals surface area contributed by atoms with Crippen LogP contribution in [0.4, 0.5) is 18.4 Å². The molecule has 10 rings (SSSR count). The molecule has 4 bridgehead atoms. The van der Waals surface area contributed by atoms with E-state index in [0.717, 1.165) is 12.4 Å². The molecular weight excluding hydrogens is 939 g/mol. The Morgan fingerprint density at radius 3 is 1.67 bits per heavy atom. The number of hydrogen-bond acceptors (Lipinski definition) is 16. The molecule has 6 fully saturated rings. The minimum Gasteiger partial charge on any atom is -0.481 e. The van der Waals surface area contributed by atoms with Gasteiger partial charge in [0.25, 0.3) is 0 Å². The van der Waals surface area contributed by atoms with Gasteiger partial charge >= 0.3 is 24.1 Å². The molecule has 6 aliphatic rings. The maximum Gasteiger partial charge on any atom is 0.408 e. The SMILES string of the molecule is CCOC(=O)/C(=C/C12CCC(NC(=O)OC(C)(C)C)(CC1)CO2)c1c(F)cnc2ccc(OC)nc12.CCOC(=O)C(CC12CCC(NC(=O)OC(C)(C)C)(CC1)CO2)c1c(F)cnc2ccc(OC)nc12. The Hall–Kier alpha value is -6.28. The molecule has 1 unspecified atom stereocenters. The quantitative estimate of drug-likeness (QED) is 0.0727. The van der Waals surface area contributed by atoms with Gasteiger partial charge in [0.2, 0.25) is 11.8 Å². The number of methoxy groups -OCH3 is 2. The van der Waals surface area contributed by atoms with E-state index in [1.165, 1.54) is 14.2 Å². The minimum absolute atomic E-state index is 0.00962. The number of carbonyl (C=O) groups excluding carboxylic acids is 4. The lowest BCUT2D eigenvalue weighted by molar-refractivity contribution is -0.173. The first-order valence-corrected chi connectivity index (χ1v) is 24.3. The van der Waals surface area contributed by atoms with Crippen molar-refractivity contribution in [3.8, 4) is 11.8 Å². The predicted molar refractivity (Wildman–Crippen MR) is 259 cm³/mol. The van der Waals surface area contributed by atoms with E-state index in [2.05, 4.69) is 30.6 Å². The number of nitrogens with one attached hydrogen (secondary N) is 2. The van der Waals surface area contributed by atoms with Crippen LogP contribution in [0.25, 0.3) is 27.6 Å². The van der Waals surface area contributed by atoms with Crippen LogP contribution < -0.4 is 20.1 Å². The summed E-state index contributed by atoms with van der Waals surface area (Å²) in [6.07, 6.45) is 7.87. The summed E-state index contributed by atoms with van der Waals surface area (Å²) < 4.78 is 75.0. The van der Waals surface area contributed by atoms with Crippen LogP contribution in [0, 0.1) is 11.6 Å². The van der Waals surface area contributed by atoms with Gasteiger partial charge in [-0.25, -0.2) is 33.1 Å². The first-order valence-electron chi connectivity index (χ1n) is 24.3. The lowest BCUT2D eigenvalue weighted by Gasteiger charge is -2.53. The highest BCUT2D eigenvalue weighted by Crippen LogP contribution is 2.50. The van der Waals surface area contributed by atoms with Crippen LogP contribution in [0.15, 0.2) is 42.7 Å². The van der Waals surface area contributed by atoms with Crippen molar-refractivity contribution < 1.29 is 65.9 Å². The summed E-state index contributed by atoms with van der Waals surface area (Å²) in [6, 6.07) is 6.59. The van der Waals surface area contributed by atoms with Crippen LogP contribution >= 0.6 is 0 Å². The van der Waals surface area contributed by atoms with Crippen molar-refractivity contribution >= 4 is 51.8 Å². The van der Waals surface area contributed by atoms with Gasteiger partial charge in [-0.3, -0.25) is 14.8 Å². The van der Waals surface area contributed by atoms with Gasteiger partial charge < -0.3 is 48.5 Å². The second-order valence-electron chi connectivity index (χ2n) is 20.9. The fraction of sp³-hybridized carbons (Fsp3) is 0.577. The molecule has 0 aromatic carbocycles. The molecule has 20 heteroatoms. The number of ether oxygens (including phenoxy) is 8. The van der Waals surface area contributed by atoms with E-state index in [1.807, 2.05) is 41.5 Å². The van der Waals surface area contributed by atoms with Gasteiger partial charge in [0.1, 0.15) is 22.5 Å². The van der Waals surface area contributed by atoms with Crippen molar-refractivity contribution in [1.82, 2.24) is 30.6 Å². The van der Waals surface area contributed by atoms with Crippen LogP contribution in [0.1, 0.15) is 130 Å². The van der Waals surface area contributed by atoms with Gasteiger partial charge in [-0.05, 0) is 131 Å². The number of nitrogens with zero attached hydrogens (tertiary/aromatic N) is 4. The van der Waals surface area contributed by atoms with Crippen molar-refractivity contribution in [2.45, 2.75) is 153 Å². The molecule has 390 valence electrons. The summed E-state index contributed by atoms with van der Waals surface area (Å²) in [6.45, 7) is 15.1. The fourth-order valence-corrected chi connectivity index (χ4v) is 9.81. The number of carbonyl (C=O) groups is 4. The normalized spacial score (nSPS) is 24.1. The summed E-state index contributed by atoms with van der Waals surface area (Å²) in [7, 11) is 2.93. The third-order valence-electron chi connectivity index (χ3n) is 13.4. The predicted octanol–water partition coefficient (Wildman–Crippen LogP) is 8.75. The highest BCUT2D eigenvalue weighted by Gasteiger charge is 2.53. The molecule has 1 atom stereocenters. The van der Waals surface area contributed by atoms with Crippen molar-refractivity contribution in [3.63, 3.8) is 0 Å². The Morgan fingerprint density at radius 1 is 0.694 bits per heavy atom. The van der Waals surface area contributed by atoms with Crippen molar-refractivity contribution in [3.05, 3.63) is 65.5 Å². The summed E-state index contributed by atoms with van der Waals surface area (Å²) >= 11 is 0. The molecule has 4 aromatic rings. The number of alkyl carbamates (subject to hydrolysis) is 2. The molecule has 2 amide bonds. The molecule has 0 spiro atoms. The zero-order chi connectivity index (χ0) is 52.3. The molecule has 4 saturated heterocycles. The second kappa shape index (κ2) is 21.1. The second-order valence-corrected chi connectivity index (χ2v) is 20.9. The largest absolute Gasteiger partial charge is 0.481 e. The first kappa shape index (κ1) is 53.5. The Bertz CT molecular complexity index is 2670. The van der Waals surface area contributed by atoms with Crippen LogP contribution in [0.5, 0.6) is 11.8 Å². The Morgan fingerprint density at radius 2 is 1.19 bits per heavy atom. The number of rotatable bonds is 13. The van der Waals surface area contributed by atoms with E-state index < -0.39 is 75.2 Å². The van der Waals surface area contributed by atoms with Crippen molar-refractivity contribution in [2.24, 2.45) is 0 Å². The average molecular weight is 1010 g/mol. The maximum atomic E-state index is 15.3. The van der Waals surface area contributed by atoms with Crippen molar-refractivity contribution in [1.29, 1.82) is 0 Å². The minimum atomic E-state index is -0.945. The van der Waals surface area contributed by atoms with E-state index in [4.69, 9.17) is 37.9 Å². The summed E-state index contributed by atoms with van der Waals surface area (Å²) in [5.41, 5.74) is -2.30. The monoisotopic (exact) mass is 1000 g/mol. The summed E-state index contributed by atoms with van der Waals surface area (Å²) in [5, 5.41) is 5.97. The van der Waals surface area contributed by atoms with Gasteiger partial charge in [0.15, 0.2) is 5.82 Å². The molecule has 2 saturated carbocycles. The number of esters is 2. The summed E-state index contributed by atoms with van der Waals surface area (Å²) in [5.74, 6) is -2.94. The molecular formula is C52H66F2N6O12. The molecule has 2 N–H and O–H groups in total. The maximum absolute atomic E-state index is 15.3. The van der Waals surface area contributed by atoms with E-state index in [1.54, 1.807) is 44.2 Å². The van der Waals surface area contributed by atoms with Gasteiger partial charge in [-0.2, -0.15) is 0 Å². The average Bonchev–Trinajstić information content (AvgIpc) is 3.32. The number of aromatic nitrogens is 4. The highest BCUT2D eigenvalue weighted by atomic mass is 19.1. The third-order valence-corrected chi connectivity index (χ3v) is 13.4. The highest BCUT2D eigenvalue weighted by molar-refractivity contribution is 6.19. The first-order chi connectivity index (χ1) is 34.0. The molecule has 0 radical (unpaired) electrons. The molecule has 4 aromatic heterocycles. The number of fused-ring (bicyclic) bond motifs is 8. The third kappa shape index (κ3) is 12.1. The van der Waals surface area contributed by atoms with Crippen LogP contribution in [-0.4, -0.2) is 118 Å². The van der Waals surface area contributed by atoms with E-state index >= 15 is 8.78 Å². The zero-order valence-corrected chi connectivity index (χ0v) is 42.8. The number of hydrogen-bond donors (Lipinski definition) is 2. The molecule has 4 aliphatic heterocycles. The number of halogens is 2. The fourth-order valence-electron chi connectivity index (χ4n) is 9.81. The van der Waals surface area contributed by atoms with Crippen LogP contribution in [-0.2, 0) is 38.0 Å². The topological polar surface area (TPSA) is 218 Å². The Kier molecular flexibility index (Phi) is 15.6. The summed E-state index contributed by atoms with van der Waals surface area (Å²) in [4.78, 5) is 68.1. The van der Waals surface area contributed by atoms with Crippen molar-refractivity contribution in [2.75, 3.05) is 40.6 Å². The van der Waals surface area contributed by atoms with Gasteiger partial charge in [0, 0.05) is 17.7 Å². The van der Waals surface area contributed by atoms with Crippen LogP contribution in [0.2, 0.25) is 0 Å². The van der Waals surface area contributed by atoms with E-state index in [9.17, 15) is 19.2 Å². The molecule has 8 heterocycles. The Labute approximate surface area is 417 Å². The van der Waals surface area contributed by atoms with Gasteiger partial charge in [0.05, 0.1) is 109 Å². The zero-order valence-electron chi connectivity index (χ0n) is 42.8. The van der Waals surface area contributed by atoms with Crippen LogP contribution in [0.3, 0.4) is 0 Å². The van der Waals surface area contributed by atoms with E-state index in [0.29, 0.717) is 68.3 Å². The molecule has 72 heavy (non-hydrogen) atoms. The smallest absolute Gasteiger partial charge is 0.408 e.